The van der Waals surface area contributed by atoms with Crippen molar-refractivity contribution >= 4 is 17.2 Å². The first-order valence-electron chi connectivity index (χ1n) is 5.89. The van der Waals surface area contributed by atoms with E-state index in [4.69, 9.17) is 0 Å². The van der Waals surface area contributed by atoms with Gasteiger partial charge in [-0.15, -0.1) is 0 Å². The van der Waals surface area contributed by atoms with Crippen molar-refractivity contribution in [1.29, 1.82) is 0 Å². The maximum atomic E-state index is 10.5. The van der Waals surface area contributed by atoms with E-state index in [1.54, 1.807) is 12.1 Å². The summed E-state index contributed by atoms with van der Waals surface area (Å²) in [4.78, 5) is 13.7. The van der Waals surface area contributed by atoms with Gasteiger partial charge in [0.25, 0.3) is 0 Å². The van der Waals surface area contributed by atoms with E-state index < -0.39 is 0 Å². The third-order valence-corrected chi connectivity index (χ3v) is 3.14. The Morgan fingerprint density at radius 1 is 1.00 bits per heavy atom. The Morgan fingerprint density at radius 3 is 2.56 bits per heavy atom. The summed E-state index contributed by atoms with van der Waals surface area (Å²) in [6.45, 7) is 0. The Balaban J connectivity index is 1.93. The highest BCUT2D eigenvalue weighted by molar-refractivity contribution is 5.83. The molecule has 18 heavy (non-hydrogen) atoms. The number of hydrogen-bond donors (Lipinski definition) is 1. The van der Waals surface area contributed by atoms with Crippen molar-refractivity contribution < 1.29 is 4.79 Å². The van der Waals surface area contributed by atoms with Crippen molar-refractivity contribution in [3.05, 3.63) is 71.4 Å². The highest BCUT2D eigenvalue weighted by Crippen LogP contribution is 2.20. The molecular formula is C16H12NO. The van der Waals surface area contributed by atoms with E-state index in [1.807, 2.05) is 36.7 Å². The van der Waals surface area contributed by atoms with Crippen LogP contribution in [0.1, 0.15) is 16.7 Å². The Morgan fingerprint density at radius 2 is 1.78 bits per heavy atom. The van der Waals surface area contributed by atoms with Crippen LogP contribution in [0, 0.1) is 0 Å². The Labute approximate surface area is 105 Å². The molecule has 2 aromatic carbocycles. The van der Waals surface area contributed by atoms with Crippen LogP contribution in [0.2, 0.25) is 0 Å². The predicted octanol–water partition coefficient (Wildman–Crippen LogP) is 3.22. The lowest BCUT2D eigenvalue weighted by Crippen LogP contribution is -1.88. The van der Waals surface area contributed by atoms with Crippen molar-refractivity contribution in [2.24, 2.45) is 0 Å². The van der Waals surface area contributed by atoms with Gasteiger partial charge >= 0.3 is 0 Å². The summed E-state index contributed by atoms with van der Waals surface area (Å²) in [6, 6.07) is 15.8. The maximum absolute atomic E-state index is 10.5. The Kier molecular flexibility index (Phi) is 2.69. The van der Waals surface area contributed by atoms with Crippen LogP contribution in [0.3, 0.4) is 0 Å². The van der Waals surface area contributed by atoms with Gasteiger partial charge in [-0.25, -0.2) is 0 Å². The van der Waals surface area contributed by atoms with Crippen LogP contribution in [-0.2, 0) is 11.2 Å². The summed E-state index contributed by atoms with van der Waals surface area (Å²) in [5.74, 6) is 0. The largest absolute Gasteiger partial charge is 0.361 e. The van der Waals surface area contributed by atoms with E-state index in [2.05, 4.69) is 17.1 Å². The molecule has 3 aromatic rings. The maximum Gasteiger partial charge on any atom is 0.233 e. The molecule has 1 aromatic heterocycles. The minimum atomic E-state index is 0.595. The zero-order valence-electron chi connectivity index (χ0n) is 9.81. The lowest BCUT2D eigenvalue weighted by molar-refractivity contribution is 0.563. The van der Waals surface area contributed by atoms with Crippen LogP contribution >= 0.6 is 0 Å². The van der Waals surface area contributed by atoms with Gasteiger partial charge in [0.2, 0.25) is 6.29 Å². The Hall–Kier alpha value is -2.35. The number of para-hydroxylation sites is 1. The molecule has 0 amide bonds. The highest BCUT2D eigenvalue weighted by atomic mass is 16.1. The van der Waals surface area contributed by atoms with Gasteiger partial charge in [-0.1, -0.05) is 42.5 Å². The SMILES string of the molecule is O=[C]c1ccc(Cc2c[nH]c3ccccc23)cc1. The van der Waals surface area contributed by atoms with Gasteiger partial charge in [-0.3, -0.25) is 4.79 Å². The number of hydrogen-bond acceptors (Lipinski definition) is 1. The molecule has 1 N–H and O–H groups in total. The average Bonchev–Trinajstić information content (AvgIpc) is 2.83. The standard InChI is InChI=1S/C16H12NO/c18-11-13-7-5-12(6-8-13)9-14-10-17-16-4-2-1-3-15(14)16/h1-8,10,17H,9H2. The number of carbonyl (C=O) groups excluding carboxylic acids is 1. The number of aromatic nitrogens is 1. The monoisotopic (exact) mass is 234 g/mol. The summed E-state index contributed by atoms with van der Waals surface area (Å²) in [5.41, 5.74) is 4.22. The van der Waals surface area contributed by atoms with Crippen molar-refractivity contribution in [3.63, 3.8) is 0 Å². The first kappa shape index (κ1) is 10.8. The Bertz CT molecular complexity index is 680. The number of H-pyrrole nitrogens is 1. The first-order valence-corrected chi connectivity index (χ1v) is 5.89. The van der Waals surface area contributed by atoms with E-state index in [0.717, 1.165) is 11.9 Å². The molecule has 0 bridgehead atoms. The molecule has 0 aliphatic rings. The van der Waals surface area contributed by atoms with E-state index in [9.17, 15) is 4.79 Å². The quantitative estimate of drug-likeness (QED) is 0.741. The van der Waals surface area contributed by atoms with Gasteiger partial charge in [0.15, 0.2) is 0 Å². The minimum Gasteiger partial charge on any atom is -0.361 e. The van der Waals surface area contributed by atoms with Gasteiger partial charge in [-0.05, 0) is 23.6 Å². The van der Waals surface area contributed by atoms with Crippen LogP contribution in [0.25, 0.3) is 10.9 Å². The summed E-state index contributed by atoms with van der Waals surface area (Å²) < 4.78 is 0. The first-order chi connectivity index (χ1) is 8.86. The molecule has 0 saturated heterocycles. The number of fused-ring (bicyclic) bond motifs is 1. The molecule has 1 heterocycles. The molecule has 0 aliphatic carbocycles. The molecule has 2 heteroatoms. The highest BCUT2D eigenvalue weighted by Gasteiger charge is 2.03. The molecule has 0 unspecified atom stereocenters. The summed E-state index contributed by atoms with van der Waals surface area (Å²) >= 11 is 0. The molecule has 87 valence electrons. The van der Waals surface area contributed by atoms with Crippen molar-refractivity contribution in [2.45, 2.75) is 6.42 Å². The molecule has 0 spiro atoms. The third-order valence-electron chi connectivity index (χ3n) is 3.14. The molecule has 0 aliphatic heterocycles. The fourth-order valence-corrected chi connectivity index (χ4v) is 2.19. The van der Waals surface area contributed by atoms with Crippen LogP contribution in [0.15, 0.2) is 54.7 Å². The smallest absolute Gasteiger partial charge is 0.233 e. The molecular weight excluding hydrogens is 222 g/mol. The van der Waals surface area contributed by atoms with Crippen LogP contribution in [0.4, 0.5) is 0 Å². The van der Waals surface area contributed by atoms with Gasteiger partial charge in [0.05, 0.1) is 0 Å². The third kappa shape index (κ3) is 1.93. The minimum absolute atomic E-state index is 0.595. The second kappa shape index (κ2) is 4.49. The van der Waals surface area contributed by atoms with Crippen LogP contribution in [0.5, 0.6) is 0 Å². The summed E-state index contributed by atoms with van der Waals surface area (Å²) in [6.07, 6.45) is 4.80. The summed E-state index contributed by atoms with van der Waals surface area (Å²) in [7, 11) is 0. The zero-order valence-corrected chi connectivity index (χ0v) is 9.81. The van der Waals surface area contributed by atoms with Crippen molar-refractivity contribution in [1.82, 2.24) is 4.98 Å². The molecule has 2 nitrogen and oxygen atoms in total. The number of benzene rings is 2. The fourth-order valence-electron chi connectivity index (χ4n) is 2.19. The number of nitrogens with one attached hydrogen (secondary N) is 1. The van der Waals surface area contributed by atoms with E-state index in [1.165, 1.54) is 16.5 Å². The number of rotatable bonds is 3. The second-order valence-corrected chi connectivity index (χ2v) is 4.34. The van der Waals surface area contributed by atoms with Crippen LogP contribution in [-0.4, -0.2) is 11.3 Å². The molecule has 0 fully saturated rings. The molecule has 0 atom stereocenters. The summed E-state index contributed by atoms with van der Waals surface area (Å²) in [5, 5.41) is 1.25. The fraction of sp³-hybridized carbons (Fsp3) is 0.0625. The normalized spacial score (nSPS) is 10.7. The van der Waals surface area contributed by atoms with Gasteiger partial charge in [-0.2, -0.15) is 0 Å². The van der Waals surface area contributed by atoms with E-state index >= 15 is 0 Å². The predicted molar refractivity (Wildman–Crippen MR) is 72.3 cm³/mol. The van der Waals surface area contributed by atoms with Gasteiger partial charge in [0.1, 0.15) is 0 Å². The molecule has 1 radical (unpaired) electrons. The molecule has 3 rings (SSSR count). The average molecular weight is 234 g/mol. The zero-order chi connectivity index (χ0) is 12.4. The van der Waals surface area contributed by atoms with E-state index in [0.29, 0.717) is 5.56 Å². The molecule has 0 saturated carbocycles. The van der Waals surface area contributed by atoms with Crippen molar-refractivity contribution in [2.75, 3.05) is 0 Å². The lowest BCUT2D eigenvalue weighted by atomic mass is 10.0. The lowest BCUT2D eigenvalue weighted by Gasteiger charge is -2.00. The van der Waals surface area contributed by atoms with Gasteiger partial charge in [0, 0.05) is 22.7 Å². The van der Waals surface area contributed by atoms with Crippen LogP contribution < -0.4 is 0 Å². The van der Waals surface area contributed by atoms with Crippen molar-refractivity contribution in [3.8, 4) is 0 Å². The second-order valence-electron chi connectivity index (χ2n) is 4.34. The van der Waals surface area contributed by atoms with Gasteiger partial charge < -0.3 is 4.98 Å². The van der Waals surface area contributed by atoms with E-state index in [-0.39, 0.29) is 0 Å². The number of aromatic amines is 1. The topological polar surface area (TPSA) is 32.9 Å².